The summed E-state index contributed by atoms with van der Waals surface area (Å²) in [5.74, 6) is 0. The normalized spacial score (nSPS) is 12.5. The highest BCUT2D eigenvalue weighted by molar-refractivity contribution is 5.78. The molecule has 0 aromatic heterocycles. The lowest BCUT2D eigenvalue weighted by Crippen LogP contribution is -1.97. The topological polar surface area (TPSA) is 21.6 Å². The van der Waals surface area contributed by atoms with E-state index in [9.17, 15) is 0 Å². The fraction of sp³-hybridized carbons (Fsp3) is 0.0455. The summed E-state index contributed by atoms with van der Waals surface area (Å²) in [5, 5.41) is 4.15. The molecule has 0 bridgehead atoms. The second kappa shape index (κ2) is 8.49. The minimum absolute atomic E-state index is 0.230. The van der Waals surface area contributed by atoms with Crippen molar-refractivity contribution >= 4 is 12.3 Å². The SMILES string of the molecule is C(=C\[C@H](O/N=C/c1ccccc1)c1ccccc1)/c1ccccc1. The molecule has 0 unspecified atom stereocenters. The number of hydrogen-bond acceptors (Lipinski definition) is 2. The van der Waals surface area contributed by atoms with Gasteiger partial charge in [-0.1, -0.05) is 102 Å². The van der Waals surface area contributed by atoms with Crippen LogP contribution in [0.15, 0.2) is 102 Å². The van der Waals surface area contributed by atoms with Gasteiger partial charge in [0.05, 0.1) is 6.21 Å². The number of nitrogens with zero attached hydrogens (tertiary/aromatic N) is 1. The third-order valence-corrected chi connectivity index (χ3v) is 3.57. The number of hydrogen-bond donors (Lipinski definition) is 0. The summed E-state index contributed by atoms with van der Waals surface area (Å²) < 4.78 is 0. The highest BCUT2D eigenvalue weighted by atomic mass is 16.6. The van der Waals surface area contributed by atoms with E-state index in [2.05, 4.69) is 23.4 Å². The largest absolute Gasteiger partial charge is 0.383 e. The Bertz CT molecular complexity index is 780. The van der Waals surface area contributed by atoms with Crippen molar-refractivity contribution in [3.05, 3.63) is 114 Å². The maximum atomic E-state index is 5.74. The van der Waals surface area contributed by atoms with Crippen LogP contribution in [0.3, 0.4) is 0 Å². The van der Waals surface area contributed by atoms with Gasteiger partial charge in [0.15, 0.2) is 6.10 Å². The van der Waals surface area contributed by atoms with Crippen LogP contribution >= 0.6 is 0 Å². The molecule has 3 aromatic rings. The predicted molar refractivity (Wildman–Crippen MR) is 99.8 cm³/mol. The van der Waals surface area contributed by atoms with Crippen molar-refractivity contribution in [3.63, 3.8) is 0 Å². The Hall–Kier alpha value is -3.13. The molecule has 3 aromatic carbocycles. The van der Waals surface area contributed by atoms with Gasteiger partial charge in [-0.05, 0) is 22.8 Å². The van der Waals surface area contributed by atoms with Gasteiger partial charge in [-0.2, -0.15) is 0 Å². The zero-order valence-electron chi connectivity index (χ0n) is 13.3. The molecule has 0 aliphatic heterocycles. The maximum Gasteiger partial charge on any atom is 0.171 e. The first-order valence-electron chi connectivity index (χ1n) is 7.94. The second-order valence-corrected chi connectivity index (χ2v) is 5.35. The molecule has 0 heterocycles. The summed E-state index contributed by atoms with van der Waals surface area (Å²) in [4.78, 5) is 5.74. The lowest BCUT2D eigenvalue weighted by Gasteiger charge is -2.11. The van der Waals surface area contributed by atoms with E-state index in [-0.39, 0.29) is 6.10 Å². The van der Waals surface area contributed by atoms with Gasteiger partial charge >= 0.3 is 0 Å². The van der Waals surface area contributed by atoms with Crippen LogP contribution in [0.2, 0.25) is 0 Å². The average molecular weight is 313 g/mol. The predicted octanol–water partition coefficient (Wildman–Crippen LogP) is 5.49. The van der Waals surface area contributed by atoms with Crippen LogP contribution in [0.5, 0.6) is 0 Å². The number of rotatable bonds is 6. The summed E-state index contributed by atoms with van der Waals surface area (Å²) in [7, 11) is 0. The zero-order valence-corrected chi connectivity index (χ0v) is 13.3. The Balaban J connectivity index is 1.75. The fourth-order valence-electron chi connectivity index (χ4n) is 2.31. The van der Waals surface area contributed by atoms with Crippen molar-refractivity contribution < 1.29 is 4.84 Å². The van der Waals surface area contributed by atoms with E-state index < -0.39 is 0 Å². The zero-order chi connectivity index (χ0) is 16.5. The summed E-state index contributed by atoms with van der Waals surface area (Å²) in [6.07, 6.45) is 5.57. The molecule has 0 saturated heterocycles. The van der Waals surface area contributed by atoms with Crippen molar-refractivity contribution in [2.75, 3.05) is 0 Å². The molecule has 0 spiro atoms. The van der Waals surface area contributed by atoms with E-state index in [4.69, 9.17) is 4.84 Å². The molecular weight excluding hydrogens is 294 g/mol. The Morgan fingerprint density at radius 3 is 1.83 bits per heavy atom. The molecular formula is C22H19NO. The molecule has 0 N–H and O–H groups in total. The third kappa shape index (κ3) is 4.68. The highest BCUT2D eigenvalue weighted by Crippen LogP contribution is 2.20. The minimum atomic E-state index is -0.230. The summed E-state index contributed by atoms with van der Waals surface area (Å²) >= 11 is 0. The van der Waals surface area contributed by atoms with Gasteiger partial charge in [-0.15, -0.1) is 0 Å². The van der Waals surface area contributed by atoms with Gasteiger partial charge in [0.2, 0.25) is 0 Å². The first kappa shape index (κ1) is 15.8. The lowest BCUT2D eigenvalue weighted by molar-refractivity contribution is 0.0948. The van der Waals surface area contributed by atoms with Crippen LogP contribution in [0.1, 0.15) is 22.8 Å². The van der Waals surface area contributed by atoms with E-state index >= 15 is 0 Å². The first-order valence-corrected chi connectivity index (χ1v) is 7.94. The van der Waals surface area contributed by atoms with Crippen LogP contribution < -0.4 is 0 Å². The fourth-order valence-corrected chi connectivity index (χ4v) is 2.31. The monoisotopic (exact) mass is 313 g/mol. The van der Waals surface area contributed by atoms with E-state index in [1.807, 2.05) is 84.9 Å². The Morgan fingerprint density at radius 1 is 0.667 bits per heavy atom. The van der Waals surface area contributed by atoms with E-state index in [1.165, 1.54) is 0 Å². The standard InChI is InChI=1S/C22H19NO/c1-4-10-19(11-5-1)16-17-22(21-14-8-3-9-15-21)24-23-18-20-12-6-2-7-13-20/h1-18,22H/b17-16+,23-18+/t22-/m0/s1. The lowest BCUT2D eigenvalue weighted by atomic mass is 10.1. The molecule has 0 aliphatic carbocycles. The molecule has 1 atom stereocenters. The van der Waals surface area contributed by atoms with Gasteiger partial charge in [0.25, 0.3) is 0 Å². The average Bonchev–Trinajstić information content (AvgIpc) is 2.67. The van der Waals surface area contributed by atoms with Crippen molar-refractivity contribution in [3.8, 4) is 0 Å². The van der Waals surface area contributed by atoms with Crippen LogP contribution in [0, 0.1) is 0 Å². The van der Waals surface area contributed by atoms with Gasteiger partial charge in [0.1, 0.15) is 0 Å². The maximum absolute atomic E-state index is 5.74. The molecule has 0 amide bonds. The van der Waals surface area contributed by atoms with Gasteiger partial charge in [0, 0.05) is 0 Å². The Morgan fingerprint density at radius 2 is 1.21 bits per heavy atom. The molecule has 0 saturated carbocycles. The van der Waals surface area contributed by atoms with Crippen molar-refractivity contribution in [1.82, 2.24) is 0 Å². The van der Waals surface area contributed by atoms with E-state index in [0.29, 0.717) is 0 Å². The Labute approximate surface area is 142 Å². The molecule has 3 rings (SSSR count). The van der Waals surface area contributed by atoms with E-state index in [0.717, 1.165) is 16.7 Å². The molecule has 24 heavy (non-hydrogen) atoms. The molecule has 0 radical (unpaired) electrons. The minimum Gasteiger partial charge on any atom is -0.383 e. The summed E-state index contributed by atoms with van der Waals surface area (Å²) in [5.41, 5.74) is 3.21. The second-order valence-electron chi connectivity index (χ2n) is 5.35. The molecule has 0 fully saturated rings. The molecule has 2 nitrogen and oxygen atoms in total. The van der Waals surface area contributed by atoms with Crippen molar-refractivity contribution in [1.29, 1.82) is 0 Å². The van der Waals surface area contributed by atoms with Gasteiger partial charge < -0.3 is 4.84 Å². The van der Waals surface area contributed by atoms with Gasteiger partial charge in [-0.25, -0.2) is 0 Å². The van der Waals surface area contributed by atoms with Crippen LogP contribution in [0.25, 0.3) is 6.08 Å². The molecule has 2 heteroatoms. The van der Waals surface area contributed by atoms with Crippen molar-refractivity contribution in [2.24, 2.45) is 5.16 Å². The smallest absolute Gasteiger partial charge is 0.171 e. The van der Waals surface area contributed by atoms with Crippen LogP contribution in [-0.4, -0.2) is 6.21 Å². The van der Waals surface area contributed by atoms with E-state index in [1.54, 1.807) is 6.21 Å². The Kier molecular flexibility index (Phi) is 5.57. The number of oxime groups is 1. The molecule has 0 aliphatic rings. The first-order chi connectivity index (χ1) is 11.9. The third-order valence-electron chi connectivity index (χ3n) is 3.57. The van der Waals surface area contributed by atoms with Crippen LogP contribution in [-0.2, 0) is 4.84 Å². The summed E-state index contributed by atoms with van der Waals surface area (Å²) in [6, 6.07) is 30.2. The van der Waals surface area contributed by atoms with Crippen LogP contribution in [0.4, 0.5) is 0 Å². The number of benzene rings is 3. The van der Waals surface area contributed by atoms with Gasteiger partial charge in [-0.3, -0.25) is 0 Å². The highest BCUT2D eigenvalue weighted by Gasteiger charge is 2.08. The summed E-state index contributed by atoms with van der Waals surface area (Å²) in [6.45, 7) is 0. The quantitative estimate of drug-likeness (QED) is 0.435. The van der Waals surface area contributed by atoms with Crippen molar-refractivity contribution in [2.45, 2.75) is 6.10 Å². The molecule has 118 valence electrons.